The van der Waals surface area contributed by atoms with E-state index in [2.05, 4.69) is 56.7 Å². The second-order valence-electron chi connectivity index (χ2n) is 7.33. The molecule has 0 unspecified atom stereocenters. The van der Waals surface area contributed by atoms with E-state index in [0.717, 1.165) is 77.7 Å². The lowest BCUT2D eigenvalue weighted by molar-refractivity contribution is 0.0203. The summed E-state index contributed by atoms with van der Waals surface area (Å²) in [6.07, 6.45) is 6.46. The lowest BCUT2D eigenvalue weighted by Crippen LogP contribution is -2.38. The molecule has 6 heteroatoms. The first kappa shape index (κ1) is 20.7. The van der Waals surface area contributed by atoms with E-state index in [9.17, 15) is 0 Å². The van der Waals surface area contributed by atoms with Gasteiger partial charge in [-0.25, -0.2) is 0 Å². The van der Waals surface area contributed by atoms with Gasteiger partial charge in [-0.1, -0.05) is 18.2 Å². The molecule has 0 spiro atoms. The van der Waals surface area contributed by atoms with Crippen molar-refractivity contribution in [2.24, 2.45) is 10.9 Å². The predicted molar refractivity (Wildman–Crippen MR) is 115 cm³/mol. The zero-order valence-corrected chi connectivity index (χ0v) is 17.0. The maximum Gasteiger partial charge on any atom is 0.190 e. The third-order valence-corrected chi connectivity index (χ3v) is 5.22. The molecule has 2 N–H and O–H groups in total. The van der Waals surface area contributed by atoms with Crippen LogP contribution in [0.1, 0.15) is 25.7 Å². The topological polar surface area (TPSA) is 59.8 Å². The van der Waals surface area contributed by atoms with Gasteiger partial charge in [0, 0.05) is 64.8 Å². The minimum Gasteiger partial charge on any atom is -0.381 e. The van der Waals surface area contributed by atoms with Gasteiger partial charge in [0.1, 0.15) is 0 Å². The molecule has 0 saturated carbocycles. The number of aryl methyl sites for hydroxylation is 1. The number of ether oxygens (including phenoxy) is 2. The molecule has 0 aliphatic carbocycles. The largest absolute Gasteiger partial charge is 0.381 e. The van der Waals surface area contributed by atoms with Gasteiger partial charge in [-0.3, -0.25) is 4.99 Å². The number of hydrogen-bond donors (Lipinski definition) is 2. The van der Waals surface area contributed by atoms with E-state index in [0.29, 0.717) is 5.92 Å². The number of para-hydroxylation sites is 1. The minimum atomic E-state index is 0.675. The Morgan fingerprint density at radius 1 is 1.14 bits per heavy atom. The highest BCUT2D eigenvalue weighted by molar-refractivity contribution is 5.80. The summed E-state index contributed by atoms with van der Waals surface area (Å²) in [4.78, 5) is 4.30. The third kappa shape index (κ3) is 6.53. The molecule has 154 valence electrons. The average Bonchev–Trinajstić information content (AvgIpc) is 3.16. The fraction of sp³-hybridized carbons (Fsp3) is 0.591. The Balaban J connectivity index is 1.23. The summed E-state index contributed by atoms with van der Waals surface area (Å²) in [5.41, 5.74) is 1.30. The van der Waals surface area contributed by atoms with Gasteiger partial charge >= 0.3 is 0 Å². The smallest absolute Gasteiger partial charge is 0.190 e. The van der Waals surface area contributed by atoms with E-state index >= 15 is 0 Å². The van der Waals surface area contributed by atoms with Crippen LogP contribution in [0, 0.1) is 5.92 Å². The van der Waals surface area contributed by atoms with Crippen molar-refractivity contribution in [3.63, 3.8) is 0 Å². The molecule has 0 amide bonds. The zero-order valence-electron chi connectivity index (χ0n) is 17.0. The van der Waals surface area contributed by atoms with E-state index in [4.69, 9.17) is 9.47 Å². The third-order valence-electron chi connectivity index (χ3n) is 5.22. The Labute approximate surface area is 168 Å². The number of rotatable bonds is 10. The molecule has 1 fully saturated rings. The molecule has 0 radical (unpaired) electrons. The van der Waals surface area contributed by atoms with Crippen LogP contribution in [-0.2, 0) is 16.0 Å². The van der Waals surface area contributed by atoms with Crippen LogP contribution in [0.25, 0.3) is 10.9 Å². The van der Waals surface area contributed by atoms with Gasteiger partial charge in [0.25, 0.3) is 0 Å². The summed E-state index contributed by atoms with van der Waals surface area (Å²) in [6, 6.07) is 10.7. The van der Waals surface area contributed by atoms with Crippen LogP contribution in [0.5, 0.6) is 0 Å². The molecule has 1 saturated heterocycles. The molecule has 2 aromatic rings. The number of fused-ring (bicyclic) bond motifs is 1. The molecule has 2 heterocycles. The van der Waals surface area contributed by atoms with Gasteiger partial charge in [-0.05, 0) is 49.1 Å². The van der Waals surface area contributed by atoms with E-state index < -0.39 is 0 Å². The first-order chi connectivity index (χ1) is 13.9. The number of aliphatic imine (C=N–C) groups is 1. The molecule has 28 heavy (non-hydrogen) atoms. The van der Waals surface area contributed by atoms with E-state index in [1.165, 1.54) is 10.9 Å². The molecule has 1 aliphatic heterocycles. The van der Waals surface area contributed by atoms with Crippen molar-refractivity contribution < 1.29 is 9.47 Å². The van der Waals surface area contributed by atoms with E-state index in [1.807, 2.05) is 7.05 Å². The lowest BCUT2D eigenvalue weighted by atomic mass is 10.0. The number of hydrogen-bond acceptors (Lipinski definition) is 3. The van der Waals surface area contributed by atoms with Crippen LogP contribution in [0.2, 0.25) is 0 Å². The molecule has 0 bridgehead atoms. The lowest BCUT2D eigenvalue weighted by Gasteiger charge is -2.21. The SMILES string of the molecule is CN=C(NCCCOCC1CCOCC1)NCCCn1ccc2ccccc21. The molecule has 3 rings (SSSR count). The highest BCUT2D eigenvalue weighted by atomic mass is 16.5. The van der Waals surface area contributed by atoms with Gasteiger partial charge in [-0.15, -0.1) is 0 Å². The van der Waals surface area contributed by atoms with Gasteiger partial charge in [0.2, 0.25) is 0 Å². The summed E-state index contributed by atoms with van der Waals surface area (Å²) >= 11 is 0. The first-order valence-corrected chi connectivity index (χ1v) is 10.5. The summed E-state index contributed by atoms with van der Waals surface area (Å²) in [5.74, 6) is 1.54. The summed E-state index contributed by atoms with van der Waals surface area (Å²) in [7, 11) is 1.82. The number of nitrogens with one attached hydrogen (secondary N) is 2. The van der Waals surface area contributed by atoms with Crippen molar-refractivity contribution in [2.45, 2.75) is 32.2 Å². The van der Waals surface area contributed by atoms with Crippen LogP contribution in [-0.4, -0.2) is 57.1 Å². The zero-order chi connectivity index (χ0) is 19.4. The van der Waals surface area contributed by atoms with Crippen molar-refractivity contribution in [1.82, 2.24) is 15.2 Å². The monoisotopic (exact) mass is 386 g/mol. The maximum atomic E-state index is 5.80. The quantitative estimate of drug-likeness (QED) is 0.374. The number of aromatic nitrogens is 1. The molecule has 1 aliphatic rings. The van der Waals surface area contributed by atoms with Gasteiger partial charge in [0.15, 0.2) is 5.96 Å². The van der Waals surface area contributed by atoms with Crippen molar-refractivity contribution >= 4 is 16.9 Å². The second kappa shape index (κ2) is 11.7. The molecular weight excluding hydrogens is 352 g/mol. The number of guanidine groups is 1. The van der Waals surface area contributed by atoms with E-state index in [1.54, 1.807) is 0 Å². The molecular formula is C22H34N4O2. The minimum absolute atomic E-state index is 0.675. The van der Waals surface area contributed by atoms with Crippen LogP contribution < -0.4 is 10.6 Å². The second-order valence-corrected chi connectivity index (χ2v) is 7.33. The number of benzene rings is 1. The van der Waals surface area contributed by atoms with Gasteiger partial charge in [-0.2, -0.15) is 0 Å². The molecule has 1 aromatic carbocycles. The summed E-state index contributed by atoms with van der Waals surface area (Å²) in [5, 5.41) is 8.05. The standard InChI is InChI=1S/C22H34N4O2/c1-23-22(25-12-5-15-28-18-19-9-16-27-17-10-19)24-11-4-13-26-14-8-20-6-2-3-7-21(20)26/h2-3,6-8,14,19H,4-5,9-13,15-18H2,1H3,(H2,23,24,25). The average molecular weight is 387 g/mol. The normalized spacial score (nSPS) is 15.8. The fourth-order valence-corrected chi connectivity index (χ4v) is 3.56. The Morgan fingerprint density at radius 3 is 2.75 bits per heavy atom. The van der Waals surface area contributed by atoms with Gasteiger partial charge < -0.3 is 24.7 Å². The van der Waals surface area contributed by atoms with Crippen LogP contribution in [0.3, 0.4) is 0 Å². The van der Waals surface area contributed by atoms with Gasteiger partial charge in [0.05, 0.1) is 0 Å². The summed E-state index contributed by atoms with van der Waals surface area (Å²) < 4.78 is 13.5. The highest BCUT2D eigenvalue weighted by Gasteiger charge is 2.13. The molecule has 6 nitrogen and oxygen atoms in total. The first-order valence-electron chi connectivity index (χ1n) is 10.5. The Bertz CT molecular complexity index is 722. The van der Waals surface area contributed by atoms with Crippen molar-refractivity contribution in [2.75, 3.05) is 46.6 Å². The van der Waals surface area contributed by atoms with Crippen LogP contribution in [0.4, 0.5) is 0 Å². The Kier molecular flexibility index (Phi) is 8.65. The number of nitrogens with zero attached hydrogens (tertiary/aromatic N) is 2. The molecule has 0 atom stereocenters. The highest BCUT2D eigenvalue weighted by Crippen LogP contribution is 2.15. The van der Waals surface area contributed by atoms with Crippen LogP contribution in [0.15, 0.2) is 41.5 Å². The summed E-state index contributed by atoms with van der Waals surface area (Å²) in [6.45, 7) is 6.20. The Morgan fingerprint density at radius 2 is 1.93 bits per heavy atom. The van der Waals surface area contributed by atoms with Crippen molar-refractivity contribution in [1.29, 1.82) is 0 Å². The fourth-order valence-electron chi connectivity index (χ4n) is 3.56. The molecule has 1 aromatic heterocycles. The van der Waals surface area contributed by atoms with Crippen molar-refractivity contribution in [3.05, 3.63) is 36.5 Å². The predicted octanol–water partition coefficient (Wildman–Crippen LogP) is 3.03. The Hall–Kier alpha value is -2.05. The van der Waals surface area contributed by atoms with Crippen LogP contribution >= 0.6 is 0 Å². The van der Waals surface area contributed by atoms with Crippen molar-refractivity contribution in [3.8, 4) is 0 Å². The maximum absolute atomic E-state index is 5.80. The van der Waals surface area contributed by atoms with E-state index in [-0.39, 0.29) is 0 Å².